The maximum Gasteiger partial charge on any atom is 0.0383 e. The molecule has 0 aliphatic carbocycles. The van der Waals surface area contributed by atoms with Crippen molar-refractivity contribution in [3.8, 4) is 0 Å². The monoisotopic (exact) mass is 177 g/mol. The molecular weight excluding hydrogens is 158 g/mol. The molecule has 1 atom stereocenters. The Balaban J connectivity index is 2.81. The Morgan fingerprint density at radius 2 is 1.77 bits per heavy atom. The van der Waals surface area contributed by atoms with Crippen LogP contribution in [-0.2, 0) is 5.54 Å². The largest absolute Gasteiger partial charge is 0.322 e. The first-order chi connectivity index (χ1) is 6.02. The van der Waals surface area contributed by atoms with Crippen LogP contribution in [-0.4, -0.2) is 0 Å². The van der Waals surface area contributed by atoms with Crippen LogP contribution in [0.1, 0.15) is 32.8 Å². The average molecular weight is 177 g/mol. The fourth-order valence-electron chi connectivity index (χ4n) is 1.78. The van der Waals surface area contributed by atoms with Crippen LogP contribution in [0.5, 0.6) is 0 Å². The van der Waals surface area contributed by atoms with Crippen LogP contribution in [0.4, 0.5) is 0 Å². The summed E-state index contributed by atoms with van der Waals surface area (Å²) in [6.07, 6.45) is 1.02. The Morgan fingerprint density at radius 1 is 1.23 bits per heavy atom. The lowest BCUT2D eigenvalue weighted by molar-refractivity contribution is 0.380. The van der Waals surface area contributed by atoms with Gasteiger partial charge < -0.3 is 5.73 Å². The van der Waals surface area contributed by atoms with E-state index in [1.165, 1.54) is 5.56 Å². The van der Waals surface area contributed by atoms with Crippen molar-refractivity contribution in [3.63, 3.8) is 0 Å². The second-order valence-electron chi connectivity index (χ2n) is 4.38. The van der Waals surface area contributed by atoms with Crippen LogP contribution >= 0.6 is 0 Å². The van der Waals surface area contributed by atoms with Crippen LogP contribution in [0.3, 0.4) is 0 Å². The molecule has 1 aromatic carbocycles. The highest BCUT2D eigenvalue weighted by Gasteiger charge is 2.21. The molecule has 1 rings (SSSR count). The Hall–Kier alpha value is -0.820. The van der Waals surface area contributed by atoms with Gasteiger partial charge in [0, 0.05) is 5.54 Å². The van der Waals surface area contributed by atoms with Gasteiger partial charge in [0.15, 0.2) is 0 Å². The lowest BCUT2D eigenvalue weighted by atomic mass is 9.85. The summed E-state index contributed by atoms with van der Waals surface area (Å²) in [7, 11) is 0. The predicted molar refractivity (Wildman–Crippen MR) is 57.4 cm³/mol. The van der Waals surface area contributed by atoms with Gasteiger partial charge in [0.25, 0.3) is 0 Å². The fraction of sp³-hybridized carbons (Fsp3) is 0.500. The van der Waals surface area contributed by atoms with Gasteiger partial charge in [-0.15, -0.1) is 0 Å². The molecule has 1 unspecified atom stereocenters. The molecule has 0 amide bonds. The second-order valence-corrected chi connectivity index (χ2v) is 4.38. The fourth-order valence-corrected chi connectivity index (χ4v) is 1.78. The van der Waals surface area contributed by atoms with Gasteiger partial charge in [-0.1, -0.05) is 44.2 Å². The topological polar surface area (TPSA) is 26.0 Å². The first-order valence-corrected chi connectivity index (χ1v) is 4.87. The molecule has 0 saturated heterocycles. The molecule has 0 saturated carbocycles. The van der Waals surface area contributed by atoms with Gasteiger partial charge in [0.1, 0.15) is 0 Å². The van der Waals surface area contributed by atoms with Crippen molar-refractivity contribution in [1.29, 1.82) is 0 Å². The zero-order valence-corrected chi connectivity index (χ0v) is 8.75. The number of hydrogen-bond donors (Lipinski definition) is 1. The number of nitrogens with two attached hydrogens (primary N) is 1. The summed E-state index contributed by atoms with van der Waals surface area (Å²) in [5, 5.41) is 0. The predicted octanol–water partition coefficient (Wildman–Crippen LogP) is 2.91. The van der Waals surface area contributed by atoms with Crippen molar-refractivity contribution >= 4 is 0 Å². The highest BCUT2D eigenvalue weighted by atomic mass is 14.7. The molecule has 0 heterocycles. The summed E-state index contributed by atoms with van der Waals surface area (Å²) in [4.78, 5) is 0. The zero-order chi connectivity index (χ0) is 9.90. The van der Waals surface area contributed by atoms with E-state index in [2.05, 4.69) is 32.9 Å². The van der Waals surface area contributed by atoms with Gasteiger partial charge in [0.05, 0.1) is 0 Å². The Bertz CT molecular complexity index is 249. The lowest BCUT2D eigenvalue weighted by Gasteiger charge is -2.27. The quantitative estimate of drug-likeness (QED) is 0.754. The summed E-state index contributed by atoms with van der Waals surface area (Å²) in [5.74, 6) is 0.634. The molecule has 0 radical (unpaired) electrons. The lowest BCUT2D eigenvalue weighted by Crippen LogP contribution is -2.34. The minimum absolute atomic E-state index is 0.185. The van der Waals surface area contributed by atoms with E-state index in [4.69, 9.17) is 5.73 Å². The molecule has 0 spiro atoms. The summed E-state index contributed by atoms with van der Waals surface area (Å²) >= 11 is 0. The molecule has 1 nitrogen and oxygen atoms in total. The smallest absolute Gasteiger partial charge is 0.0383 e. The summed E-state index contributed by atoms with van der Waals surface area (Å²) in [6.45, 7) is 6.50. The van der Waals surface area contributed by atoms with Gasteiger partial charge in [-0.2, -0.15) is 0 Å². The van der Waals surface area contributed by atoms with Crippen molar-refractivity contribution in [1.82, 2.24) is 0 Å². The van der Waals surface area contributed by atoms with E-state index in [0.29, 0.717) is 5.92 Å². The van der Waals surface area contributed by atoms with Crippen LogP contribution in [0.2, 0.25) is 0 Å². The molecule has 0 fully saturated rings. The molecule has 0 aromatic heterocycles. The van der Waals surface area contributed by atoms with E-state index >= 15 is 0 Å². The Morgan fingerprint density at radius 3 is 2.23 bits per heavy atom. The van der Waals surface area contributed by atoms with E-state index < -0.39 is 0 Å². The summed E-state index contributed by atoms with van der Waals surface area (Å²) in [6, 6.07) is 10.3. The maximum absolute atomic E-state index is 6.24. The van der Waals surface area contributed by atoms with Crippen LogP contribution < -0.4 is 5.73 Å². The summed E-state index contributed by atoms with van der Waals surface area (Å²) < 4.78 is 0. The molecule has 0 bridgehead atoms. The minimum atomic E-state index is -0.185. The van der Waals surface area contributed by atoms with E-state index in [1.54, 1.807) is 0 Å². The number of benzene rings is 1. The minimum Gasteiger partial charge on any atom is -0.322 e. The normalized spacial score (nSPS) is 15.8. The zero-order valence-electron chi connectivity index (χ0n) is 8.75. The summed E-state index contributed by atoms with van der Waals surface area (Å²) in [5.41, 5.74) is 7.28. The average Bonchev–Trinajstić information content (AvgIpc) is 2.04. The third kappa shape index (κ3) is 2.85. The Labute approximate surface area is 81.0 Å². The van der Waals surface area contributed by atoms with Crippen molar-refractivity contribution in [3.05, 3.63) is 35.9 Å². The number of rotatable bonds is 3. The Kier molecular flexibility index (Phi) is 3.10. The van der Waals surface area contributed by atoms with Gasteiger partial charge in [-0.3, -0.25) is 0 Å². The second kappa shape index (κ2) is 3.93. The van der Waals surface area contributed by atoms with Crippen LogP contribution in [0.15, 0.2) is 30.3 Å². The molecule has 2 N–H and O–H groups in total. The molecule has 0 aliphatic heterocycles. The third-order valence-corrected chi connectivity index (χ3v) is 2.27. The van der Waals surface area contributed by atoms with Crippen LogP contribution in [0.25, 0.3) is 0 Å². The first kappa shape index (κ1) is 10.3. The van der Waals surface area contributed by atoms with E-state index in [-0.39, 0.29) is 5.54 Å². The van der Waals surface area contributed by atoms with Gasteiger partial charge in [0.2, 0.25) is 0 Å². The molecule has 13 heavy (non-hydrogen) atoms. The van der Waals surface area contributed by atoms with E-state index in [9.17, 15) is 0 Å². The van der Waals surface area contributed by atoms with Crippen LogP contribution in [0, 0.1) is 5.92 Å². The maximum atomic E-state index is 6.24. The van der Waals surface area contributed by atoms with Crippen molar-refractivity contribution in [2.45, 2.75) is 32.7 Å². The van der Waals surface area contributed by atoms with Crippen molar-refractivity contribution in [2.75, 3.05) is 0 Å². The van der Waals surface area contributed by atoms with Crippen molar-refractivity contribution in [2.24, 2.45) is 11.7 Å². The van der Waals surface area contributed by atoms with E-state index in [0.717, 1.165) is 6.42 Å². The first-order valence-electron chi connectivity index (χ1n) is 4.87. The molecular formula is C12H19N. The standard InChI is InChI=1S/C12H19N/c1-10(2)9-12(3,13)11-7-5-4-6-8-11/h4-8,10H,9,13H2,1-3H3. The van der Waals surface area contributed by atoms with Crippen molar-refractivity contribution < 1.29 is 0 Å². The molecule has 1 aromatic rings. The van der Waals surface area contributed by atoms with Gasteiger partial charge in [-0.25, -0.2) is 0 Å². The van der Waals surface area contributed by atoms with E-state index in [1.807, 2.05) is 18.2 Å². The van der Waals surface area contributed by atoms with Gasteiger partial charge >= 0.3 is 0 Å². The highest BCUT2D eigenvalue weighted by molar-refractivity contribution is 5.22. The molecule has 72 valence electrons. The number of hydrogen-bond acceptors (Lipinski definition) is 1. The third-order valence-electron chi connectivity index (χ3n) is 2.27. The highest BCUT2D eigenvalue weighted by Crippen LogP contribution is 2.24. The molecule has 0 aliphatic rings. The van der Waals surface area contributed by atoms with Gasteiger partial charge in [-0.05, 0) is 24.8 Å². The molecule has 1 heteroatoms. The SMILES string of the molecule is CC(C)CC(C)(N)c1ccccc1.